The first-order valence-electron chi connectivity index (χ1n) is 7.75. The third-order valence-corrected chi connectivity index (χ3v) is 5.81. The van der Waals surface area contributed by atoms with E-state index in [1.807, 2.05) is 0 Å². The van der Waals surface area contributed by atoms with Crippen molar-refractivity contribution in [2.45, 2.75) is 51.0 Å². The van der Waals surface area contributed by atoms with Gasteiger partial charge in [0.25, 0.3) is 0 Å². The minimum atomic E-state index is 0.213. The molecule has 20 heavy (non-hydrogen) atoms. The first kappa shape index (κ1) is 12.8. The average Bonchev–Trinajstić information content (AvgIpc) is 3.30. The van der Waals surface area contributed by atoms with Crippen molar-refractivity contribution in [3.63, 3.8) is 0 Å². The van der Waals surface area contributed by atoms with Crippen molar-refractivity contribution < 1.29 is 4.79 Å². The van der Waals surface area contributed by atoms with Gasteiger partial charge in [-0.15, -0.1) is 11.3 Å². The van der Waals surface area contributed by atoms with Crippen molar-refractivity contribution in [3.8, 4) is 0 Å². The third kappa shape index (κ3) is 2.49. The van der Waals surface area contributed by atoms with Gasteiger partial charge in [-0.3, -0.25) is 4.79 Å². The van der Waals surface area contributed by atoms with Crippen LogP contribution < -0.4 is 11.1 Å². The summed E-state index contributed by atoms with van der Waals surface area (Å²) in [5, 5.41) is 3.88. The minimum Gasteiger partial charge on any atom is -0.327 e. The number of hydrogen-bond donors (Lipinski definition) is 2. The fourth-order valence-corrected chi connectivity index (χ4v) is 4.47. The van der Waals surface area contributed by atoms with Gasteiger partial charge in [-0.2, -0.15) is 0 Å². The Kier molecular flexibility index (Phi) is 3.07. The van der Waals surface area contributed by atoms with Gasteiger partial charge < -0.3 is 11.1 Å². The Morgan fingerprint density at radius 3 is 2.60 bits per heavy atom. The van der Waals surface area contributed by atoms with Gasteiger partial charge in [0.1, 0.15) is 0 Å². The first-order valence-corrected chi connectivity index (χ1v) is 8.57. The standard InChI is InChI=1S/C15H21N3OS/c16-10-5-6-11-12(7-10)20-15(17-11)18-14(19)13(8-1-2-8)9-3-4-9/h8-10,13H,1-7,16H2,(H,17,18,19)/t10-/m0/s1. The lowest BCUT2D eigenvalue weighted by molar-refractivity contribution is -0.121. The molecule has 1 amide bonds. The molecule has 0 spiro atoms. The molecule has 0 aliphatic heterocycles. The molecule has 0 unspecified atom stereocenters. The molecule has 1 atom stereocenters. The second-order valence-electron chi connectivity index (χ2n) is 6.58. The average molecular weight is 291 g/mol. The smallest absolute Gasteiger partial charge is 0.229 e. The van der Waals surface area contributed by atoms with Crippen LogP contribution in [0.1, 0.15) is 42.7 Å². The minimum absolute atomic E-state index is 0.213. The van der Waals surface area contributed by atoms with Crippen molar-refractivity contribution in [2.75, 3.05) is 5.32 Å². The fraction of sp³-hybridized carbons (Fsp3) is 0.733. The van der Waals surface area contributed by atoms with Gasteiger partial charge in [0.05, 0.1) is 5.69 Å². The maximum atomic E-state index is 12.5. The molecular formula is C15H21N3OS. The van der Waals surface area contributed by atoms with Gasteiger partial charge in [0.15, 0.2) is 5.13 Å². The van der Waals surface area contributed by atoms with Crippen LogP contribution in [-0.4, -0.2) is 16.9 Å². The highest BCUT2D eigenvalue weighted by molar-refractivity contribution is 7.15. The Hall–Kier alpha value is -0.940. The number of aromatic nitrogens is 1. The van der Waals surface area contributed by atoms with Gasteiger partial charge in [-0.1, -0.05) is 0 Å². The summed E-state index contributed by atoms with van der Waals surface area (Å²) in [7, 11) is 0. The summed E-state index contributed by atoms with van der Waals surface area (Å²) in [6.07, 6.45) is 7.82. The van der Waals surface area contributed by atoms with E-state index >= 15 is 0 Å². The number of nitrogens with zero attached hydrogens (tertiary/aromatic N) is 1. The Labute approximate surface area is 123 Å². The number of anilines is 1. The van der Waals surface area contributed by atoms with E-state index in [0.717, 1.165) is 30.1 Å². The van der Waals surface area contributed by atoms with Crippen molar-refractivity contribution >= 4 is 22.4 Å². The van der Waals surface area contributed by atoms with Crippen molar-refractivity contribution in [2.24, 2.45) is 23.5 Å². The number of fused-ring (bicyclic) bond motifs is 1. The normalized spacial score (nSPS) is 25.6. The predicted molar refractivity (Wildman–Crippen MR) is 79.7 cm³/mol. The number of nitrogens with two attached hydrogens (primary N) is 1. The van der Waals surface area contributed by atoms with Crippen LogP contribution >= 0.6 is 11.3 Å². The van der Waals surface area contributed by atoms with Gasteiger partial charge in [-0.05, 0) is 56.8 Å². The van der Waals surface area contributed by atoms with Crippen molar-refractivity contribution in [1.82, 2.24) is 4.98 Å². The van der Waals surface area contributed by atoms with E-state index in [2.05, 4.69) is 10.3 Å². The maximum Gasteiger partial charge on any atom is 0.229 e. The van der Waals surface area contributed by atoms with E-state index in [0.29, 0.717) is 11.8 Å². The van der Waals surface area contributed by atoms with Crippen LogP contribution in [0.25, 0.3) is 0 Å². The van der Waals surface area contributed by atoms with Crippen molar-refractivity contribution in [1.29, 1.82) is 0 Å². The molecule has 4 nitrogen and oxygen atoms in total. The molecule has 3 aliphatic carbocycles. The summed E-state index contributed by atoms with van der Waals surface area (Å²) >= 11 is 1.63. The van der Waals surface area contributed by atoms with Crippen LogP contribution in [0.5, 0.6) is 0 Å². The van der Waals surface area contributed by atoms with E-state index in [4.69, 9.17) is 5.73 Å². The second-order valence-corrected chi connectivity index (χ2v) is 7.67. The Morgan fingerprint density at radius 1 is 1.25 bits per heavy atom. The molecule has 0 saturated heterocycles. The SMILES string of the molecule is N[C@H]1CCc2nc(NC(=O)C(C3CC3)C3CC3)sc2C1. The van der Waals surface area contributed by atoms with Crippen LogP contribution in [0.15, 0.2) is 0 Å². The molecule has 0 aromatic carbocycles. The zero-order chi connectivity index (χ0) is 13.7. The number of nitrogens with one attached hydrogen (secondary N) is 1. The van der Waals surface area contributed by atoms with E-state index in [1.54, 1.807) is 11.3 Å². The van der Waals surface area contributed by atoms with Crippen LogP contribution in [0.3, 0.4) is 0 Å². The number of amides is 1. The number of carbonyl (C=O) groups excluding carboxylic acids is 1. The summed E-state index contributed by atoms with van der Waals surface area (Å²) in [6, 6.07) is 0.261. The summed E-state index contributed by atoms with van der Waals surface area (Å²) in [5.74, 6) is 1.75. The van der Waals surface area contributed by atoms with E-state index in [-0.39, 0.29) is 17.9 Å². The van der Waals surface area contributed by atoms with Gasteiger partial charge in [0.2, 0.25) is 5.91 Å². The summed E-state index contributed by atoms with van der Waals surface area (Å²) < 4.78 is 0. The van der Waals surface area contributed by atoms with E-state index in [9.17, 15) is 4.79 Å². The van der Waals surface area contributed by atoms with Crippen LogP contribution in [0.4, 0.5) is 5.13 Å². The van der Waals surface area contributed by atoms with Gasteiger partial charge >= 0.3 is 0 Å². The number of aryl methyl sites for hydroxylation is 1. The predicted octanol–water partition coefficient (Wildman–Crippen LogP) is 2.33. The zero-order valence-electron chi connectivity index (χ0n) is 11.6. The molecule has 2 saturated carbocycles. The van der Waals surface area contributed by atoms with Gasteiger partial charge in [-0.25, -0.2) is 4.98 Å². The largest absolute Gasteiger partial charge is 0.327 e. The molecule has 5 heteroatoms. The molecular weight excluding hydrogens is 270 g/mol. The summed E-state index contributed by atoms with van der Waals surface area (Å²) in [6.45, 7) is 0. The monoisotopic (exact) mass is 291 g/mol. The molecule has 4 rings (SSSR count). The number of thiazole rings is 1. The highest BCUT2D eigenvalue weighted by atomic mass is 32.1. The van der Waals surface area contributed by atoms with Crippen molar-refractivity contribution in [3.05, 3.63) is 10.6 Å². The van der Waals surface area contributed by atoms with Crippen LogP contribution in [0, 0.1) is 17.8 Å². The zero-order valence-corrected chi connectivity index (χ0v) is 12.4. The van der Waals surface area contributed by atoms with E-state index in [1.165, 1.54) is 30.6 Å². The third-order valence-electron chi connectivity index (χ3n) is 4.77. The lowest BCUT2D eigenvalue weighted by Crippen LogP contribution is -2.27. The fourth-order valence-electron chi connectivity index (χ4n) is 3.37. The highest BCUT2D eigenvalue weighted by Crippen LogP contribution is 2.49. The summed E-state index contributed by atoms with van der Waals surface area (Å²) in [5.41, 5.74) is 7.15. The quantitative estimate of drug-likeness (QED) is 0.894. The Bertz CT molecular complexity index is 521. The second kappa shape index (κ2) is 4.81. The number of carbonyl (C=O) groups is 1. The topological polar surface area (TPSA) is 68.0 Å². The molecule has 108 valence electrons. The molecule has 3 N–H and O–H groups in total. The van der Waals surface area contributed by atoms with Crippen LogP contribution in [-0.2, 0) is 17.6 Å². The van der Waals surface area contributed by atoms with E-state index < -0.39 is 0 Å². The molecule has 3 aliphatic rings. The van der Waals surface area contributed by atoms with Crippen LogP contribution in [0.2, 0.25) is 0 Å². The lowest BCUT2D eigenvalue weighted by atomic mass is 9.97. The molecule has 0 bridgehead atoms. The van der Waals surface area contributed by atoms with Gasteiger partial charge in [0, 0.05) is 16.8 Å². The Balaban J connectivity index is 1.47. The summed E-state index contributed by atoms with van der Waals surface area (Å²) in [4.78, 5) is 18.4. The molecule has 1 aromatic heterocycles. The highest BCUT2D eigenvalue weighted by Gasteiger charge is 2.45. The Morgan fingerprint density at radius 2 is 1.95 bits per heavy atom. The molecule has 2 fully saturated rings. The number of rotatable bonds is 4. The first-order chi connectivity index (χ1) is 9.70. The lowest BCUT2D eigenvalue weighted by Gasteiger charge is -2.15. The maximum absolute atomic E-state index is 12.5. The molecule has 1 aromatic rings. The molecule has 0 radical (unpaired) electrons. The molecule has 1 heterocycles. The number of hydrogen-bond acceptors (Lipinski definition) is 4.